The van der Waals surface area contributed by atoms with E-state index in [1.54, 1.807) is 20.2 Å². The van der Waals surface area contributed by atoms with Gasteiger partial charge in [-0.3, -0.25) is 9.59 Å². The molecule has 0 aliphatic rings. The number of amides is 1. The van der Waals surface area contributed by atoms with Crippen molar-refractivity contribution in [1.29, 1.82) is 0 Å². The van der Waals surface area contributed by atoms with Gasteiger partial charge in [0.1, 0.15) is 15.7 Å². The molecular weight excluding hydrogens is 424 g/mol. The van der Waals surface area contributed by atoms with Crippen molar-refractivity contribution in [3.05, 3.63) is 80.2 Å². The lowest BCUT2D eigenvalue weighted by Gasteiger charge is -2.08. The number of nitrogens with zero attached hydrogens (tertiary/aromatic N) is 5. The van der Waals surface area contributed by atoms with Gasteiger partial charge in [-0.1, -0.05) is 12.1 Å². The normalized spacial score (nSPS) is 11.0. The van der Waals surface area contributed by atoms with Gasteiger partial charge in [-0.15, -0.1) is 11.3 Å². The lowest BCUT2D eigenvalue weighted by Crippen LogP contribution is -2.23. The van der Waals surface area contributed by atoms with Crippen molar-refractivity contribution in [3.8, 4) is 10.6 Å². The van der Waals surface area contributed by atoms with Crippen LogP contribution in [0.5, 0.6) is 0 Å². The van der Waals surface area contributed by atoms with Crippen LogP contribution < -0.4 is 10.9 Å². The van der Waals surface area contributed by atoms with Crippen LogP contribution in [0.4, 0.5) is 5.69 Å². The van der Waals surface area contributed by atoms with Gasteiger partial charge < -0.3 is 9.88 Å². The summed E-state index contributed by atoms with van der Waals surface area (Å²) in [4.78, 5) is 34.8. The molecule has 0 aliphatic heterocycles. The number of benzene rings is 1. The molecule has 3 heterocycles. The first-order valence-electron chi connectivity index (χ1n) is 10.1. The number of anilines is 1. The maximum Gasteiger partial charge on any atom is 0.277 e. The fourth-order valence-corrected chi connectivity index (χ4v) is 4.52. The number of nitrogens with one attached hydrogen (secondary N) is 1. The first-order valence-corrected chi connectivity index (χ1v) is 11.0. The van der Waals surface area contributed by atoms with Gasteiger partial charge in [-0.05, 0) is 51.0 Å². The highest BCUT2D eigenvalue weighted by atomic mass is 32.1. The van der Waals surface area contributed by atoms with Gasteiger partial charge in [0.05, 0.1) is 17.0 Å². The van der Waals surface area contributed by atoms with E-state index >= 15 is 0 Å². The zero-order chi connectivity index (χ0) is 23.0. The van der Waals surface area contributed by atoms with Gasteiger partial charge in [-0.2, -0.15) is 5.10 Å². The van der Waals surface area contributed by atoms with E-state index in [4.69, 9.17) is 0 Å². The third kappa shape index (κ3) is 4.11. The predicted octanol–water partition coefficient (Wildman–Crippen LogP) is 3.63. The molecule has 0 bridgehead atoms. The van der Waals surface area contributed by atoms with Gasteiger partial charge in [0, 0.05) is 31.7 Å². The summed E-state index contributed by atoms with van der Waals surface area (Å²) >= 11 is 1.22. The molecule has 9 heteroatoms. The highest BCUT2D eigenvalue weighted by Crippen LogP contribution is 2.29. The molecule has 164 valence electrons. The van der Waals surface area contributed by atoms with E-state index in [2.05, 4.69) is 25.0 Å². The molecule has 0 saturated heterocycles. The largest absolute Gasteiger partial charge is 0.331 e. The second kappa shape index (κ2) is 8.51. The molecule has 1 N–H and O–H groups in total. The van der Waals surface area contributed by atoms with Crippen molar-refractivity contribution in [1.82, 2.24) is 24.3 Å². The highest BCUT2D eigenvalue weighted by Gasteiger charge is 2.21. The molecule has 32 heavy (non-hydrogen) atoms. The Morgan fingerprint density at radius 3 is 2.47 bits per heavy atom. The van der Waals surface area contributed by atoms with Crippen LogP contribution in [0.15, 0.2) is 41.5 Å². The zero-order valence-electron chi connectivity index (χ0n) is 18.6. The topological polar surface area (TPSA) is 94.7 Å². The lowest BCUT2D eigenvalue weighted by molar-refractivity contribution is 0.103. The standard InChI is InChI=1S/C23H24N6O2S/c1-13-14(2)27-28(5)23(31)19(13)22-25-15(3)20(32-22)21(30)26-18-8-6-17(7-9-18)12-29-11-10-24-16(29)4/h6-11H,12H2,1-5H3,(H,26,30). The van der Waals surface area contributed by atoms with Crippen LogP contribution in [0.1, 0.15) is 38.0 Å². The van der Waals surface area contributed by atoms with E-state index in [9.17, 15) is 9.59 Å². The second-order valence-corrected chi connectivity index (χ2v) is 8.70. The van der Waals surface area contributed by atoms with Gasteiger partial charge in [0.2, 0.25) is 0 Å². The summed E-state index contributed by atoms with van der Waals surface area (Å²) in [6.45, 7) is 8.16. The van der Waals surface area contributed by atoms with Crippen LogP contribution >= 0.6 is 11.3 Å². The summed E-state index contributed by atoms with van der Waals surface area (Å²) < 4.78 is 3.36. The molecule has 0 spiro atoms. The van der Waals surface area contributed by atoms with E-state index in [0.717, 1.165) is 29.2 Å². The second-order valence-electron chi connectivity index (χ2n) is 7.70. The Balaban J connectivity index is 1.55. The van der Waals surface area contributed by atoms with Gasteiger partial charge in [0.25, 0.3) is 11.5 Å². The third-order valence-electron chi connectivity index (χ3n) is 5.43. The van der Waals surface area contributed by atoms with Crippen LogP contribution in [-0.2, 0) is 13.6 Å². The molecule has 0 unspecified atom stereocenters. The Morgan fingerprint density at radius 2 is 1.81 bits per heavy atom. The Bertz CT molecular complexity index is 1360. The van der Waals surface area contributed by atoms with E-state index < -0.39 is 0 Å². The summed E-state index contributed by atoms with van der Waals surface area (Å²) in [5.41, 5.74) is 4.20. The number of hydrogen-bond acceptors (Lipinski definition) is 6. The average Bonchev–Trinajstić information content (AvgIpc) is 3.33. The zero-order valence-corrected chi connectivity index (χ0v) is 19.4. The molecule has 0 radical (unpaired) electrons. The lowest BCUT2D eigenvalue weighted by atomic mass is 10.1. The number of aromatic nitrogens is 5. The minimum absolute atomic E-state index is 0.225. The van der Waals surface area contributed by atoms with Crippen molar-refractivity contribution >= 4 is 22.9 Å². The molecule has 0 saturated carbocycles. The Labute approximate surface area is 189 Å². The van der Waals surface area contributed by atoms with Crippen molar-refractivity contribution in [2.45, 2.75) is 34.2 Å². The van der Waals surface area contributed by atoms with Crippen LogP contribution in [0, 0.1) is 27.7 Å². The van der Waals surface area contributed by atoms with E-state index in [0.29, 0.717) is 26.8 Å². The first-order chi connectivity index (χ1) is 15.2. The minimum atomic E-state index is -0.246. The van der Waals surface area contributed by atoms with Crippen molar-refractivity contribution in [3.63, 3.8) is 0 Å². The Hall–Kier alpha value is -3.59. The van der Waals surface area contributed by atoms with E-state index in [1.165, 1.54) is 16.0 Å². The molecule has 4 rings (SSSR count). The van der Waals surface area contributed by atoms with Gasteiger partial charge >= 0.3 is 0 Å². The summed E-state index contributed by atoms with van der Waals surface area (Å²) in [5.74, 6) is 0.707. The monoisotopic (exact) mass is 448 g/mol. The number of hydrogen-bond donors (Lipinski definition) is 1. The minimum Gasteiger partial charge on any atom is -0.331 e. The van der Waals surface area contributed by atoms with Crippen LogP contribution in [-0.4, -0.2) is 30.2 Å². The number of carbonyl (C=O) groups is 1. The maximum atomic E-state index is 12.9. The molecule has 1 aromatic carbocycles. The summed E-state index contributed by atoms with van der Waals surface area (Å²) in [5, 5.41) is 7.67. The van der Waals surface area contributed by atoms with Crippen LogP contribution in [0.3, 0.4) is 0 Å². The summed E-state index contributed by atoms with van der Waals surface area (Å²) in [6, 6.07) is 7.71. The predicted molar refractivity (Wildman–Crippen MR) is 125 cm³/mol. The molecular formula is C23H24N6O2S. The smallest absolute Gasteiger partial charge is 0.277 e. The van der Waals surface area contributed by atoms with Crippen molar-refractivity contribution < 1.29 is 4.79 Å². The number of imidazole rings is 1. The molecule has 3 aromatic heterocycles. The molecule has 4 aromatic rings. The van der Waals surface area contributed by atoms with E-state index in [-0.39, 0.29) is 11.5 Å². The number of rotatable bonds is 5. The van der Waals surface area contributed by atoms with Crippen molar-refractivity contribution in [2.75, 3.05) is 5.32 Å². The third-order valence-corrected chi connectivity index (χ3v) is 6.60. The fraction of sp³-hybridized carbons (Fsp3) is 0.261. The quantitative estimate of drug-likeness (QED) is 0.503. The molecule has 0 atom stereocenters. The van der Waals surface area contributed by atoms with E-state index in [1.807, 2.05) is 51.2 Å². The average molecular weight is 449 g/mol. The summed E-state index contributed by atoms with van der Waals surface area (Å²) in [7, 11) is 1.62. The molecule has 8 nitrogen and oxygen atoms in total. The van der Waals surface area contributed by atoms with Crippen LogP contribution in [0.25, 0.3) is 10.6 Å². The number of carbonyl (C=O) groups excluding carboxylic acids is 1. The number of thiazole rings is 1. The summed E-state index contributed by atoms with van der Waals surface area (Å²) in [6.07, 6.45) is 3.72. The van der Waals surface area contributed by atoms with Gasteiger partial charge in [-0.25, -0.2) is 14.6 Å². The highest BCUT2D eigenvalue weighted by molar-refractivity contribution is 7.17. The Morgan fingerprint density at radius 1 is 1.09 bits per heavy atom. The SMILES string of the molecule is Cc1nc(-c2c(C)c(C)nn(C)c2=O)sc1C(=O)Nc1ccc(Cn2ccnc2C)cc1. The molecule has 1 amide bonds. The maximum absolute atomic E-state index is 12.9. The van der Waals surface area contributed by atoms with Crippen molar-refractivity contribution in [2.24, 2.45) is 7.05 Å². The van der Waals surface area contributed by atoms with Crippen LogP contribution in [0.2, 0.25) is 0 Å². The fourth-order valence-electron chi connectivity index (χ4n) is 3.46. The molecule has 0 aliphatic carbocycles. The number of aryl methyl sites for hydroxylation is 4. The first kappa shape index (κ1) is 21.6. The Kier molecular flexibility index (Phi) is 5.75. The molecule has 0 fully saturated rings. The van der Waals surface area contributed by atoms with Gasteiger partial charge in [0.15, 0.2) is 0 Å².